The van der Waals surface area contributed by atoms with Gasteiger partial charge in [-0.2, -0.15) is 9.97 Å². The third kappa shape index (κ3) is 4.35. The molecular formula is C19H27FN6O4. The molecule has 164 valence electrons. The molecule has 0 saturated carbocycles. The molecule has 11 heteroatoms. The number of carbonyl (C=O) groups is 2. The third-order valence-corrected chi connectivity index (χ3v) is 4.85. The molecule has 0 unspecified atom stereocenters. The Balaban J connectivity index is 1.93. The van der Waals surface area contributed by atoms with E-state index in [1.54, 1.807) is 27.8 Å². The lowest BCUT2D eigenvalue weighted by Gasteiger charge is -2.22. The molecule has 1 amide bonds. The molecule has 2 aromatic heterocycles. The number of imidazole rings is 1. The first kappa shape index (κ1) is 21.9. The summed E-state index contributed by atoms with van der Waals surface area (Å²) in [6.07, 6.45) is 0.0979. The fourth-order valence-corrected chi connectivity index (χ4v) is 3.23. The van der Waals surface area contributed by atoms with Gasteiger partial charge in [-0.25, -0.2) is 9.37 Å². The summed E-state index contributed by atoms with van der Waals surface area (Å²) in [5.74, 6) is -0.393. The number of hydrogen-bond donors (Lipinski definition) is 2. The number of amides is 1. The van der Waals surface area contributed by atoms with E-state index in [1.807, 2.05) is 0 Å². The quantitative estimate of drug-likeness (QED) is 0.653. The lowest BCUT2D eigenvalue weighted by molar-refractivity contribution is -0.148. The van der Waals surface area contributed by atoms with Crippen LogP contribution in [0.3, 0.4) is 0 Å². The maximum Gasteiger partial charge on any atom is 0.305 e. The van der Waals surface area contributed by atoms with Crippen molar-refractivity contribution >= 4 is 34.8 Å². The summed E-state index contributed by atoms with van der Waals surface area (Å²) in [6, 6.07) is 0. The molecule has 0 spiro atoms. The number of aromatic nitrogens is 4. The minimum Gasteiger partial charge on any atom is -0.463 e. The molecule has 0 aliphatic carbocycles. The molecule has 1 saturated heterocycles. The van der Waals surface area contributed by atoms with E-state index in [1.165, 1.54) is 17.8 Å². The van der Waals surface area contributed by atoms with Crippen molar-refractivity contribution in [3.63, 3.8) is 0 Å². The number of rotatable bonds is 7. The van der Waals surface area contributed by atoms with Gasteiger partial charge in [0.15, 0.2) is 28.9 Å². The Hall–Kier alpha value is -2.82. The first-order valence-corrected chi connectivity index (χ1v) is 9.89. The van der Waals surface area contributed by atoms with Crippen LogP contribution in [0.1, 0.15) is 46.8 Å². The first-order chi connectivity index (χ1) is 14.2. The smallest absolute Gasteiger partial charge is 0.305 e. The van der Waals surface area contributed by atoms with E-state index < -0.39 is 18.0 Å². The highest BCUT2D eigenvalue weighted by Crippen LogP contribution is 2.42. The monoisotopic (exact) mass is 422 g/mol. The third-order valence-electron chi connectivity index (χ3n) is 4.85. The van der Waals surface area contributed by atoms with Crippen molar-refractivity contribution in [3.8, 4) is 0 Å². The number of carbonyl (C=O) groups excluding carboxylic acids is 2. The molecule has 30 heavy (non-hydrogen) atoms. The summed E-state index contributed by atoms with van der Waals surface area (Å²) in [5.41, 5.74) is -1.02. The van der Waals surface area contributed by atoms with Gasteiger partial charge < -0.3 is 14.8 Å². The summed E-state index contributed by atoms with van der Waals surface area (Å²) in [4.78, 5) is 36.4. The van der Waals surface area contributed by atoms with Gasteiger partial charge in [-0.15, -0.1) is 0 Å². The second-order valence-electron chi connectivity index (χ2n) is 7.74. The van der Waals surface area contributed by atoms with Crippen molar-refractivity contribution in [3.05, 3.63) is 6.33 Å². The maximum absolute atomic E-state index is 15.4. The zero-order chi connectivity index (χ0) is 22.1. The zero-order valence-corrected chi connectivity index (χ0v) is 17.7. The van der Waals surface area contributed by atoms with Crippen LogP contribution in [-0.4, -0.2) is 56.8 Å². The van der Waals surface area contributed by atoms with E-state index in [4.69, 9.17) is 9.47 Å². The molecule has 1 aliphatic rings. The largest absolute Gasteiger partial charge is 0.463 e. The van der Waals surface area contributed by atoms with Gasteiger partial charge in [0, 0.05) is 25.8 Å². The summed E-state index contributed by atoms with van der Waals surface area (Å²) in [6.45, 7) is 6.59. The van der Waals surface area contributed by atoms with Crippen LogP contribution >= 0.6 is 0 Å². The van der Waals surface area contributed by atoms with Crippen molar-refractivity contribution < 1.29 is 23.5 Å². The van der Waals surface area contributed by atoms with E-state index in [9.17, 15) is 9.59 Å². The van der Waals surface area contributed by atoms with Crippen LogP contribution in [0.5, 0.6) is 0 Å². The predicted molar refractivity (Wildman–Crippen MR) is 108 cm³/mol. The molecule has 0 aromatic carbocycles. The Morgan fingerprint density at radius 3 is 2.80 bits per heavy atom. The normalized spacial score (nSPS) is 23.7. The van der Waals surface area contributed by atoms with Crippen LogP contribution in [-0.2, 0) is 19.1 Å². The van der Waals surface area contributed by atoms with E-state index in [-0.39, 0.29) is 43.2 Å². The Labute approximate surface area is 173 Å². The number of hydrogen-bond acceptors (Lipinski definition) is 8. The van der Waals surface area contributed by atoms with Gasteiger partial charge >= 0.3 is 5.97 Å². The van der Waals surface area contributed by atoms with Crippen molar-refractivity contribution in [2.24, 2.45) is 5.92 Å². The molecule has 0 bridgehead atoms. The summed E-state index contributed by atoms with van der Waals surface area (Å²) >= 11 is 0. The van der Waals surface area contributed by atoms with Crippen LogP contribution in [0.15, 0.2) is 6.33 Å². The van der Waals surface area contributed by atoms with Crippen LogP contribution < -0.4 is 10.6 Å². The number of nitrogens with one attached hydrogen (secondary N) is 2. The van der Waals surface area contributed by atoms with E-state index in [0.717, 1.165) is 0 Å². The topological polar surface area (TPSA) is 120 Å². The van der Waals surface area contributed by atoms with Crippen molar-refractivity contribution in [2.75, 3.05) is 24.3 Å². The molecule has 1 fully saturated rings. The second-order valence-corrected chi connectivity index (χ2v) is 7.74. The lowest BCUT2D eigenvalue weighted by atomic mass is 10.0. The fourth-order valence-electron chi connectivity index (χ4n) is 3.23. The van der Waals surface area contributed by atoms with Gasteiger partial charge in [-0.3, -0.25) is 19.5 Å². The molecule has 3 heterocycles. The number of alkyl halides is 1. The van der Waals surface area contributed by atoms with Crippen molar-refractivity contribution in [1.29, 1.82) is 0 Å². The zero-order valence-electron chi connectivity index (χ0n) is 17.7. The second kappa shape index (κ2) is 8.50. The minimum atomic E-state index is -1.75. The minimum absolute atomic E-state index is 0.0260. The number of esters is 1. The highest BCUT2D eigenvalue weighted by Gasteiger charge is 2.48. The van der Waals surface area contributed by atoms with Gasteiger partial charge in [0.2, 0.25) is 11.9 Å². The van der Waals surface area contributed by atoms with E-state index in [0.29, 0.717) is 17.0 Å². The molecule has 2 aromatic rings. The van der Waals surface area contributed by atoms with Crippen LogP contribution in [0.25, 0.3) is 11.2 Å². The Bertz CT molecular complexity index is 944. The predicted octanol–water partition coefficient (Wildman–Crippen LogP) is 2.43. The Kier molecular flexibility index (Phi) is 6.20. The molecule has 10 nitrogen and oxygen atoms in total. The SMILES string of the molecule is CCC(=O)OC[C@@H]1C[C@@](C)(F)[C@H](n2cnc3c(NC)nc(NC(=O)C(C)C)nc32)O1. The highest BCUT2D eigenvalue weighted by molar-refractivity contribution is 5.92. The summed E-state index contributed by atoms with van der Waals surface area (Å²) in [7, 11) is 1.66. The molecule has 3 rings (SSSR count). The standard InChI is InChI=1S/C19H27FN6O4/c1-6-12(27)29-8-11-7-19(4,20)17(30-11)26-9-22-13-14(21-5)23-18(24-15(13)26)25-16(28)10(2)3/h9-11,17H,6-8H2,1-5H3,(H2,21,23,24,25,28)/t11-,17+,19+/m0/s1. The average Bonchev–Trinajstić information content (AvgIpc) is 3.24. The van der Waals surface area contributed by atoms with Crippen LogP contribution in [0, 0.1) is 5.92 Å². The number of anilines is 2. The van der Waals surface area contributed by atoms with Gasteiger partial charge in [0.05, 0.1) is 12.4 Å². The van der Waals surface area contributed by atoms with E-state index in [2.05, 4.69) is 25.6 Å². The first-order valence-electron chi connectivity index (χ1n) is 9.89. The highest BCUT2D eigenvalue weighted by atomic mass is 19.1. The Morgan fingerprint density at radius 2 is 2.17 bits per heavy atom. The Morgan fingerprint density at radius 1 is 1.43 bits per heavy atom. The number of halogens is 1. The molecule has 3 atom stereocenters. The summed E-state index contributed by atoms with van der Waals surface area (Å²) in [5, 5.41) is 5.57. The molecule has 2 N–H and O–H groups in total. The van der Waals surface area contributed by atoms with Gasteiger partial charge in [-0.05, 0) is 6.92 Å². The van der Waals surface area contributed by atoms with Crippen LogP contribution in [0.2, 0.25) is 0 Å². The summed E-state index contributed by atoms with van der Waals surface area (Å²) < 4.78 is 27.8. The maximum atomic E-state index is 15.4. The number of nitrogens with zero attached hydrogens (tertiary/aromatic N) is 4. The molecular weight excluding hydrogens is 395 g/mol. The number of fused-ring (bicyclic) bond motifs is 1. The van der Waals surface area contributed by atoms with Crippen LogP contribution in [0.4, 0.5) is 16.2 Å². The molecule has 1 aliphatic heterocycles. The average molecular weight is 422 g/mol. The number of ether oxygens (including phenoxy) is 2. The molecule has 0 radical (unpaired) electrons. The fraction of sp³-hybridized carbons (Fsp3) is 0.632. The van der Waals surface area contributed by atoms with Crippen molar-refractivity contribution in [1.82, 2.24) is 19.5 Å². The van der Waals surface area contributed by atoms with E-state index >= 15 is 4.39 Å². The lowest BCUT2D eigenvalue weighted by Crippen LogP contribution is -2.27. The van der Waals surface area contributed by atoms with Gasteiger partial charge in [0.1, 0.15) is 6.61 Å². The van der Waals surface area contributed by atoms with Crippen molar-refractivity contribution in [2.45, 2.75) is 58.5 Å². The van der Waals surface area contributed by atoms with Gasteiger partial charge in [0.25, 0.3) is 0 Å². The van der Waals surface area contributed by atoms with Gasteiger partial charge in [-0.1, -0.05) is 20.8 Å².